The van der Waals surface area contributed by atoms with Gasteiger partial charge in [0.2, 0.25) is 0 Å². The molecule has 1 N–H and O–H groups in total. The SMILES string of the molecule is CCn1ncnc1CN1CCCC[C@H]1c1n[nH]c(C)n1. The molecule has 1 aliphatic heterocycles. The predicted molar refractivity (Wildman–Crippen MR) is 73.8 cm³/mol. The van der Waals surface area contributed by atoms with Gasteiger partial charge in [0.1, 0.15) is 18.0 Å². The molecular weight excluding hydrogens is 254 g/mol. The van der Waals surface area contributed by atoms with Crippen LogP contribution < -0.4 is 0 Å². The van der Waals surface area contributed by atoms with Crippen molar-refractivity contribution in [1.82, 2.24) is 34.8 Å². The van der Waals surface area contributed by atoms with Crippen LogP contribution in [0.1, 0.15) is 49.7 Å². The molecule has 0 aromatic carbocycles. The first kappa shape index (κ1) is 13.2. The van der Waals surface area contributed by atoms with Crippen LogP contribution in [0.15, 0.2) is 6.33 Å². The van der Waals surface area contributed by atoms with Crippen molar-refractivity contribution in [2.75, 3.05) is 6.54 Å². The summed E-state index contributed by atoms with van der Waals surface area (Å²) in [6.07, 6.45) is 5.20. The molecule has 1 saturated heterocycles. The van der Waals surface area contributed by atoms with Gasteiger partial charge in [-0.3, -0.25) is 10.00 Å². The van der Waals surface area contributed by atoms with Crippen molar-refractivity contribution in [1.29, 1.82) is 0 Å². The van der Waals surface area contributed by atoms with Gasteiger partial charge in [-0.05, 0) is 33.2 Å². The summed E-state index contributed by atoms with van der Waals surface area (Å²) in [5.41, 5.74) is 0. The largest absolute Gasteiger partial charge is 0.286 e. The first-order valence-corrected chi connectivity index (χ1v) is 7.27. The number of hydrogen-bond donors (Lipinski definition) is 1. The van der Waals surface area contributed by atoms with Crippen molar-refractivity contribution in [2.45, 2.75) is 52.2 Å². The van der Waals surface area contributed by atoms with Crippen LogP contribution in [-0.2, 0) is 13.1 Å². The van der Waals surface area contributed by atoms with Crippen molar-refractivity contribution >= 4 is 0 Å². The molecule has 2 aromatic rings. The van der Waals surface area contributed by atoms with E-state index in [1.54, 1.807) is 6.33 Å². The van der Waals surface area contributed by atoms with Crippen LogP contribution >= 0.6 is 0 Å². The maximum absolute atomic E-state index is 4.51. The summed E-state index contributed by atoms with van der Waals surface area (Å²) in [5, 5.41) is 11.5. The van der Waals surface area contributed by atoms with E-state index in [1.807, 2.05) is 11.6 Å². The highest BCUT2D eigenvalue weighted by molar-refractivity contribution is 4.99. The van der Waals surface area contributed by atoms with E-state index in [1.165, 1.54) is 12.8 Å². The summed E-state index contributed by atoms with van der Waals surface area (Å²) in [6, 6.07) is 0.288. The Morgan fingerprint density at radius 1 is 1.40 bits per heavy atom. The van der Waals surface area contributed by atoms with Crippen LogP contribution in [0.3, 0.4) is 0 Å². The zero-order chi connectivity index (χ0) is 13.9. The molecule has 1 aliphatic rings. The molecular formula is C13H21N7. The van der Waals surface area contributed by atoms with Crippen LogP contribution in [0.25, 0.3) is 0 Å². The van der Waals surface area contributed by atoms with E-state index in [-0.39, 0.29) is 6.04 Å². The average Bonchev–Trinajstić information content (AvgIpc) is 3.08. The van der Waals surface area contributed by atoms with Crippen LogP contribution in [-0.4, -0.2) is 41.4 Å². The minimum Gasteiger partial charge on any atom is -0.286 e. The first-order chi connectivity index (χ1) is 9.78. The second kappa shape index (κ2) is 5.70. The molecule has 0 unspecified atom stereocenters. The van der Waals surface area contributed by atoms with E-state index in [0.29, 0.717) is 0 Å². The average molecular weight is 275 g/mol. The number of hydrogen-bond acceptors (Lipinski definition) is 5. The molecule has 1 atom stereocenters. The molecule has 0 saturated carbocycles. The zero-order valence-corrected chi connectivity index (χ0v) is 12.1. The number of nitrogens with zero attached hydrogens (tertiary/aromatic N) is 6. The molecule has 20 heavy (non-hydrogen) atoms. The molecule has 2 aromatic heterocycles. The molecule has 7 nitrogen and oxygen atoms in total. The summed E-state index contributed by atoms with van der Waals surface area (Å²) >= 11 is 0. The second-order valence-corrected chi connectivity index (χ2v) is 5.25. The highest BCUT2D eigenvalue weighted by atomic mass is 15.4. The Balaban J connectivity index is 1.79. The van der Waals surface area contributed by atoms with Gasteiger partial charge in [-0.1, -0.05) is 6.42 Å². The molecule has 3 heterocycles. The third kappa shape index (κ3) is 2.58. The van der Waals surface area contributed by atoms with Gasteiger partial charge in [-0.2, -0.15) is 10.2 Å². The molecule has 0 spiro atoms. The highest BCUT2D eigenvalue weighted by Gasteiger charge is 2.28. The summed E-state index contributed by atoms with van der Waals surface area (Å²) in [5.74, 6) is 2.80. The molecule has 0 aliphatic carbocycles. The number of piperidine rings is 1. The summed E-state index contributed by atoms with van der Waals surface area (Å²) in [4.78, 5) is 11.3. The predicted octanol–water partition coefficient (Wildman–Crippen LogP) is 1.45. The number of nitrogens with one attached hydrogen (secondary N) is 1. The standard InChI is InChI=1S/C13H21N7/c1-3-20-12(14-9-15-20)8-19-7-5-4-6-11(19)13-16-10(2)17-18-13/h9,11H,3-8H2,1-2H3,(H,16,17,18)/t11-/m0/s1. The van der Waals surface area contributed by atoms with E-state index in [4.69, 9.17) is 0 Å². The molecule has 0 radical (unpaired) electrons. The second-order valence-electron chi connectivity index (χ2n) is 5.25. The number of H-pyrrole nitrogens is 1. The van der Waals surface area contributed by atoms with Gasteiger partial charge in [-0.25, -0.2) is 14.6 Å². The lowest BCUT2D eigenvalue weighted by atomic mass is 10.0. The van der Waals surface area contributed by atoms with E-state index in [2.05, 4.69) is 37.1 Å². The van der Waals surface area contributed by atoms with Crippen LogP contribution in [0, 0.1) is 6.92 Å². The molecule has 3 rings (SSSR count). The number of aromatic nitrogens is 6. The topological polar surface area (TPSA) is 75.5 Å². The van der Waals surface area contributed by atoms with Crippen LogP contribution in [0.4, 0.5) is 0 Å². The van der Waals surface area contributed by atoms with Crippen molar-refractivity contribution < 1.29 is 0 Å². The number of aryl methyl sites for hydroxylation is 2. The summed E-state index contributed by atoms with van der Waals surface area (Å²) < 4.78 is 1.95. The molecule has 108 valence electrons. The lowest BCUT2D eigenvalue weighted by Crippen LogP contribution is -2.34. The minimum absolute atomic E-state index is 0.288. The van der Waals surface area contributed by atoms with E-state index in [9.17, 15) is 0 Å². The van der Waals surface area contributed by atoms with Gasteiger partial charge < -0.3 is 0 Å². The molecule has 0 amide bonds. The number of aromatic amines is 1. The quantitative estimate of drug-likeness (QED) is 0.914. The monoisotopic (exact) mass is 275 g/mol. The fourth-order valence-corrected chi connectivity index (χ4v) is 2.84. The van der Waals surface area contributed by atoms with Crippen molar-refractivity contribution in [3.05, 3.63) is 23.8 Å². The van der Waals surface area contributed by atoms with Crippen molar-refractivity contribution in [3.8, 4) is 0 Å². The Hall–Kier alpha value is -1.76. The third-order valence-electron chi connectivity index (χ3n) is 3.87. The minimum atomic E-state index is 0.288. The molecule has 1 fully saturated rings. The lowest BCUT2D eigenvalue weighted by molar-refractivity contribution is 0.128. The summed E-state index contributed by atoms with van der Waals surface area (Å²) in [6.45, 7) is 6.76. The fraction of sp³-hybridized carbons (Fsp3) is 0.692. The fourth-order valence-electron chi connectivity index (χ4n) is 2.84. The van der Waals surface area contributed by atoms with Gasteiger partial charge in [0.25, 0.3) is 0 Å². The van der Waals surface area contributed by atoms with E-state index in [0.717, 1.165) is 43.5 Å². The highest BCUT2D eigenvalue weighted by Crippen LogP contribution is 2.29. The zero-order valence-electron chi connectivity index (χ0n) is 12.1. The van der Waals surface area contributed by atoms with Crippen molar-refractivity contribution in [2.24, 2.45) is 0 Å². The Labute approximate surface area is 118 Å². The third-order valence-corrected chi connectivity index (χ3v) is 3.87. The van der Waals surface area contributed by atoms with E-state index < -0.39 is 0 Å². The molecule has 0 bridgehead atoms. The van der Waals surface area contributed by atoms with Gasteiger partial charge in [0, 0.05) is 6.54 Å². The maximum Gasteiger partial charge on any atom is 0.167 e. The Bertz CT molecular complexity index is 559. The maximum atomic E-state index is 4.51. The Morgan fingerprint density at radius 2 is 2.30 bits per heavy atom. The molecule has 7 heteroatoms. The smallest absolute Gasteiger partial charge is 0.167 e. The first-order valence-electron chi connectivity index (χ1n) is 7.27. The van der Waals surface area contributed by atoms with Gasteiger partial charge >= 0.3 is 0 Å². The summed E-state index contributed by atoms with van der Waals surface area (Å²) in [7, 11) is 0. The lowest BCUT2D eigenvalue weighted by Gasteiger charge is -2.33. The van der Waals surface area contributed by atoms with E-state index >= 15 is 0 Å². The van der Waals surface area contributed by atoms with Crippen LogP contribution in [0.2, 0.25) is 0 Å². The Kier molecular flexibility index (Phi) is 3.77. The van der Waals surface area contributed by atoms with Crippen molar-refractivity contribution in [3.63, 3.8) is 0 Å². The van der Waals surface area contributed by atoms with Gasteiger partial charge in [0.15, 0.2) is 5.82 Å². The normalized spacial score (nSPS) is 20.4. The Morgan fingerprint density at radius 3 is 3.05 bits per heavy atom. The number of likely N-dealkylation sites (tertiary alicyclic amines) is 1. The van der Waals surface area contributed by atoms with Gasteiger partial charge in [0.05, 0.1) is 12.6 Å². The van der Waals surface area contributed by atoms with Gasteiger partial charge in [-0.15, -0.1) is 0 Å². The number of rotatable bonds is 4. The van der Waals surface area contributed by atoms with Crippen LogP contribution in [0.5, 0.6) is 0 Å².